The Morgan fingerprint density at radius 3 is 2.85 bits per heavy atom. The number of ether oxygens (including phenoxy) is 2. The summed E-state index contributed by atoms with van der Waals surface area (Å²) in [5.41, 5.74) is 9.30. The summed E-state index contributed by atoms with van der Waals surface area (Å²) >= 11 is 0. The standard InChI is InChI=1S/C14H12N4O2/c1-8-2-4-10-13(16-8)18(14(15)17-10)9-3-5-11-12(6-9)20-7-19-11/h2-6H,7H2,1H3,(H2,15,17). The number of pyridine rings is 1. The number of nitrogens with zero attached hydrogens (tertiary/aromatic N) is 3. The lowest BCUT2D eigenvalue weighted by Gasteiger charge is -2.07. The summed E-state index contributed by atoms with van der Waals surface area (Å²) < 4.78 is 12.5. The van der Waals surface area contributed by atoms with Crippen molar-refractivity contribution in [1.29, 1.82) is 0 Å². The van der Waals surface area contributed by atoms with Gasteiger partial charge in [0.05, 0.1) is 5.69 Å². The van der Waals surface area contributed by atoms with Gasteiger partial charge >= 0.3 is 0 Å². The van der Waals surface area contributed by atoms with E-state index >= 15 is 0 Å². The molecule has 20 heavy (non-hydrogen) atoms. The molecule has 4 rings (SSSR count). The van der Waals surface area contributed by atoms with Crippen molar-refractivity contribution in [3.05, 3.63) is 36.0 Å². The molecule has 0 unspecified atom stereocenters. The number of aryl methyl sites for hydroxylation is 1. The zero-order valence-corrected chi connectivity index (χ0v) is 10.8. The highest BCUT2D eigenvalue weighted by Gasteiger charge is 2.17. The molecule has 0 atom stereocenters. The van der Waals surface area contributed by atoms with Crippen LogP contribution in [-0.4, -0.2) is 21.3 Å². The molecule has 1 aromatic carbocycles. The zero-order chi connectivity index (χ0) is 13.7. The van der Waals surface area contributed by atoms with Gasteiger partial charge in [-0.3, -0.25) is 4.57 Å². The Morgan fingerprint density at radius 2 is 1.95 bits per heavy atom. The minimum atomic E-state index is 0.246. The molecular formula is C14H12N4O2. The topological polar surface area (TPSA) is 75.2 Å². The molecule has 0 radical (unpaired) electrons. The summed E-state index contributed by atoms with van der Waals surface area (Å²) in [5.74, 6) is 1.84. The van der Waals surface area contributed by atoms with E-state index in [2.05, 4.69) is 9.97 Å². The summed E-state index contributed by atoms with van der Waals surface area (Å²) in [6.45, 7) is 2.18. The quantitative estimate of drug-likeness (QED) is 0.731. The Labute approximate surface area is 114 Å². The van der Waals surface area contributed by atoms with Gasteiger partial charge in [0.15, 0.2) is 17.1 Å². The van der Waals surface area contributed by atoms with Crippen molar-refractivity contribution in [3.8, 4) is 17.2 Å². The van der Waals surface area contributed by atoms with Gasteiger partial charge in [-0.15, -0.1) is 0 Å². The SMILES string of the molecule is Cc1ccc2nc(N)n(-c3ccc4c(c3)OCO4)c2n1. The third kappa shape index (κ3) is 1.51. The van der Waals surface area contributed by atoms with Crippen LogP contribution < -0.4 is 15.2 Å². The van der Waals surface area contributed by atoms with Crippen LogP contribution in [-0.2, 0) is 0 Å². The Hall–Kier alpha value is -2.76. The highest BCUT2D eigenvalue weighted by molar-refractivity contribution is 5.77. The van der Waals surface area contributed by atoms with Gasteiger partial charge in [-0.2, -0.15) is 0 Å². The smallest absolute Gasteiger partial charge is 0.231 e. The van der Waals surface area contributed by atoms with Crippen molar-refractivity contribution >= 4 is 17.1 Å². The number of fused-ring (bicyclic) bond motifs is 2. The molecule has 2 aromatic heterocycles. The number of rotatable bonds is 1. The average molecular weight is 268 g/mol. The maximum absolute atomic E-state index is 6.02. The average Bonchev–Trinajstić information content (AvgIpc) is 3.00. The number of imidazole rings is 1. The molecule has 1 aliphatic rings. The molecule has 2 N–H and O–H groups in total. The maximum Gasteiger partial charge on any atom is 0.231 e. The minimum Gasteiger partial charge on any atom is -0.454 e. The van der Waals surface area contributed by atoms with Crippen molar-refractivity contribution in [3.63, 3.8) is 0 Å². The van der Waals surface area contributed by atoms with Crippen LogP contribution in [0.1, 0.15) is 5.69 Å². The van der Waals surface area contributed by atoms with Crippen LogP contribution in [0.2, 0.25) is 0 Å². The molecular weight excluding hydrogens is 256 g/mol. The normalized spacial score (nSPS) is 13.1. The van der Waals surface area contributed by atoms with E-state index in [1.807, 2.05) is 41.8 Å². The zero-order valence-electron chi connectivity index (χ0n) is 10.8. The van der Waals surface area contributed by atoms with Gasteiger partial charge in [0, 0.05) is 11.8 Å². The maximum atomic E-state index is 6.02. The van der Waals surface area contributed by atoms with Crippen molar-refractivity contribution in [1.82, 2.24) is 14.5 Å². The Bertz CT molecular complexity index is 825. The predicted molar refractivity (Wildman–Crippen MR) is 74.1 cm³/mol. The first kappa shape index (κ1) is 11.1. The minimum absolute atomic E-state index is 0.246. The predicted octanol–water partition coefficient (Wildman–Crippen LogP) is 2.04. The first-order valence-corrected chi connectivity index (χ1v) is 6.24. The van der Waals surface area contributed by atoms with Gasteiger partial charge < -0.3 is 15.2 Å². The van der Waals surface area contributed by atoms with E-state index in [4.69, 9.17) is 15.2 Å². The molecule has 1 aliphatic heterocycles. The van der Waals surface area contributed by atoms with Crippen molar-refractivity contribution in [2.24, 2.45) is 0 Å². The van der Waals surface area contributed by atoms with E-state index < -0.39 is 0 Å². The number of aromatic nitrogens is 3. The number of hydrogen-bond acceptors (Lipinski definition) is 5. The second-order valence-corrected chi connectivity index (χ2v) is 4.64. The summed E-state index contributed by atoms with van der Waals surface area (Å²) in [6.07, 6.45) is 0. The number of nitrogen functional groups attached to an aromatic ring is 1. The molecule has 0 bridgehead atoms. The summed E-state index contributed by atoms with van der Waals surface area (Å²) in [6, 6.07) is 9.48. The number of benzene rings is 1. The Balaban J connectivity index is 1.97. The van der Waals surface area contributed by atoms with Crippen LogP contribution >= 0.6 is 0 Å². The highest BCUT2D eigenvalue weighted by atomic mass is 16.7. The third-order valence-electron chi connectivity index (χ3n) is 3.28. The van der Waals surface area contributed by atoms with Crippen LogP contribution in [0.5, 0.6) is 11.5 Å². The molecule has 100 valence electrons. The number of hydrogen-bond donors (Lipinski definition) is 1. The first-order valence-electron chi connectivity index (χ1n) is 6.24. The van der Waals surface area contributed by atoms with E-state index in [-0.39, 0.29) is 6.79 Å². The number of nitrogens with two attached hydrogens (primary N) is 1. The van der Waals surface area contributed by atoms with E-state index in [9.17, 15) is 0 Å². The van der Waals surface area contributed by atoms with Crippen LogP contribution in [0.15, 0.2) is 30.3 Å². The molecule has 3 aromatic rings. The highest BCUT2D eigenvalue weighted by Crippen LogP contribution is 2.35. The molecule has 6 nitrogen and oxygen atoms in total. The largest absolute Gasteiger partial charge is 0.454 e. The van der Waals surface area contributed by atoms with Gasteiger partial charge in [-0.25, -0.2) is 9.97 Å². The lowest BCUT2D eigenvalue weighted by Crippen LogP contribution is -2.01. The fourth-order valence-electron chi connectivity index (χ4n) is 2.35. The van der Waals surface area contributed by atoms with E-state index in [1.165, 1.54) is 0 Å². The fourth-order valence-corrected chi connectivity index (χ4v) is 2.35. The van der Waals surface area contributed by atoms with Crippen LogP contribution in [0, 0.1) is 6.92 Å². The molecule has 3 heterocycles. The van der Waals surface area contributed by atoms with Crippen molar-refractivity contribution < 1.29 is 9.47 Å². The second kappa shape index (κ2) is 3.86. The van der Waals surface area contributed by atoms with Gasteiger partial charge in [0.25, 0.3) is 0 Å². The van der Waals surface area contributed by atoms with Crippen molar-refractivity contribution in [2.75, 3.05) is 12.5 Å². The van der Waals surface area contributed by atoms with E-state index in [0.717, 1.165) is 28.3 Å². The Morgan fingerprint density at radius 1 is 1.10 bits per heavy atom. The first-order chi connectivity index (χ1) is 9.72. The van der Waals surface area contributed by atoms with E-state index in [0.29, 0.717) is 11.7 Å². The van der Waals surface area contributed by atoms with Crippen molar-refractivity contribution in [2.45, 2.75) is 6.92 Å². The summed E-state index contributed by atoms with van der Waals surface area (Å²) in [4.78, 5) is 8.85. The fraction of sp³-hybridized carbons (Fsp3) is 0.143. The van der Waals surface area contributed by atoms with Gasteiger partial charge in [0.2, 0.25) is 12.7 Å². The molecule has 0 saturated heterocycles. The van der Waals surface area contributed by atoms with Crippen LogP contribution in [0.4, 0.5) is 5.95 Å². The number of anilines is 1. The molecule has 0 spiro atoms. The second-order valence-electron chi connectivity index (χ2n) is 4.64. The van der Waals surface area contributed by atoms with Gasteiger partial charge in [0.1, 0.15) is 5.52 Å². The van der Waals surface area contributed by atoms with Gasteiger partial charge in [-0.1, -0.05) is 0 Å². The molecule has 0 saturated carbocycles. The summed E-state index contributed by atoms with van der Waals surface area (Å²) in [5, 5.41) is 0. The molecule has 6 heteroatoms. The molecule has 0 fully saturated rings. The lowest BCUT2D eigenvalue weighted by molar-refractivity contribution is 0.174. The van der Waals surface area contributed by atoms with Crippen LogP contribution in [0.3, 0.4) is 0 Å². The van der Waals surface area contributed by atoms with Gasteiger partial charge in [-0.05, 0) is 31.2 Å². The molecule has 0 aliphatic carbocycles. The van der Waals surface area contributed by atoms with E-state index in [1.54, 1.807) is 0 Å². The third-order valence-corrected chi connectivity index (χ3v) is 3.28. The molecule has 0 amide bonds. The van der Waals surface area contributed by atoms with Crippen LogP contribution in [0.25, 0.3) is 16.9 Å². The lowest BCUT2D eigenvalue weighted by atomic mass is 10.2. The summed E-state index contributed by atoms with van der Waals surface area (Å²) in [7, 11) is 0. The Kier molecular flexibility index (Phi) is 2.14. The monoisotopic (exact) mass is 268 g/mol.